The van der Waals surface area contributed by atoms with Gasteiger partial charge in [0.2, 0.25) is 0 Å². The minimum atomic E-state index is 0.815. The zero-order chi connectivity index (χ0) is 9.97. The average molecular weight is 187 g/mol. The van der Waals surface area contributed by atoms with Gasteiger partial charge in [0.15, 0.2) is 0 Å². The first-order valence-corrected chi connectivity index (χ1v) is 4.36. The summed E-state index contributed by atoms with van der Waals surface area (Å²) < 4.78 is 0. The van der Waals surface area contributed by atoms with Crippen LogP contribution in [0.15, 0.2) is 40.8 Å². The molecule has 1 heterocycles. The SMILES string of the molecule is CN(C)c1ccc(C2=C[N]N=N2)cc1. The van der Waals surface area contributed by atoms with E-state index < -0.39 is 0 Å². The van der Waals surface area contributed by atoms with Gasteiger partial charge in [-0.2, -0.15) is 0 Å². The highest BCUT2D eigenvalue weighted by Crippen LogP contribution is 2.21. The third-order valence-corrected chi connectivity index (χ3v) is 2.06. The molecule has 4 heteroatoms. The second kappa shape index (κ2) is 3.49. The molecule has 1 aromatic carbocycles. The highest BCUT2D eigenvalue weighted by molar-refractivity contribution is 5.66. The van der Waals surface area contributed by atoms with E-state index in [1.165, 1.54) is 5.69 Å². The van der Waals surface area contributed by atoms with Gasteiger partial charge in [-0.3, -0.25) is 0 Å². The molecule has 0 fully saturated rings. The highest BCUT2D eigenvalue weighted by atomic mass is 15.4. The number of anilines is 1. The first kappa shape index (κ1) is 8.74. The molecule has 0 amide bonds. The van der Waals surface area contributed by atoms with Crippen molar-refractivity contribution in [2.24, 2.45) is 10.3 Å². The molecule has 1 aliphatic rings. The zero-order valence-electron chi connectivity index (χ0n) is 8.18. The molecule has 1 radical (unpaired) electrons. The van der Waals surface area contributed by atoms with Crippen molar-refractivity contribution in [3.8, 4) is 0 Å². The van der Waals surface area contributed by atoms with Crippen LogP contribution in [-0.2, 0) is 0 Å². The topological polar surface area (TPSA) is 42.1 Å². The van der Waals surface area contributed by atoms with Crippen LogP contribution in [0.5, 0.6) is 0 Å². The molecule has 4 nitrogen and oxygen atoms in total. The summed E-state index contributed by atoms with van der Waals surface area (Å²) in [6.07, 6.45) is 1.66. The van der Waals surface area contributed by atoms with Crippen LogP contribution in [0.2, 0.25) is 0 Å². The van der Waals surface area contributed by atoms with Crippen molar-refractivity contribution in [3.63, 3.8) is 0 Å². The summed E-state index contributed by atoms with van der Waals surface area (Å²) in [7, 11) is 4.03. The van der Waals surface area contributed by atoms with Crippen molar-refractivity contribution in [2.75, 3.05) is 19.0 Å². The summed E-state index contributed by atoms with van der Waals surface area (Å²) in [5.74, 6) is 0. The van der Waals surface area contributed by atoms with Crippen molar-refractivity contribution in [2.45, 2.75) is 0 Å². The first-order valence-electron chi connectivity index (χ1n) is 4.36. The van der Waals surface area contributed by atoms with Crippen molar-refractivity contribution >= 4 is 11.4 Å². The van der Waals surface area contributed by atoms with E-state index in [1.807, 2.05) is 38.4 Å². The van der Waals surface area contributed by atoms with Gasteiger partial charge in [0.1, 0.15) is 5.70 Å². The van der Waals surface area contributed by atoms with E-state index >= 15 is 0 Å². The predicted molar refractivity (Wildman–Crippen MR) is 55.7 cm³/mol. The van der Waals surface area contributed by atoms with Crippen LogP contribution in [0.4, 0.5) is 5.69 Å². The van der Waals surface area contributed by atoms with Gasteiger partial charge in [0, 0.05) is 25.3 Å². The van der Waals surface area contributed by atoms with Crippen molar-refractivity contribution in [3.05, 3.63) is 36.0 Å². The standard InChI is InChI=1S/C10H11N4/c1-14(2)9-5-3-8(4-6-9)10-7-11-13-12-10/h3-7H,1-2H3. The zero-order valence-corrected chi connectivity index (χ0v) is 8.18. The Balaban J connectivity index is 2.26. The quantitative estimate of drug-likeness (QED) is 0.698. The lowest BCUT2D eigenvalue weighted by Gasteiger charge is -2.12. The summed E-state index contributed by atoms with van der Waals surface area (Å²) in [5.41, 5.74) is 6.71. The minimum absolute atomic E-state index is 0.815. The molecule has 0 aliphatic carbocycles. The summed E-state index contributed by atoms with van der Waals surface area (Å²) in [6.45, 7) is 0. The van der Waals surface area contributed by atoms with Gasteiger partial charge in [0.25, 0.3) is 0 Å². The summed E-state index contributed by atoms with van der Waals surface area (Å²) in [5, 5.41) is 7.43. The normalized spacial score (nSPS) is 13.7. The fraction of sp³-hybridized carbons (Fsp3) is 0.200. The Hall–Kier alpha value is -1.84. The van der Waals surface area contributed by atoms with Gasteiger partial charge in [-0.15, -0.1) is 10.5 Å². The maximum Gasteiger partial charge on any atom is 0.115 e. The second-order valence-corrected chi connectivity index (χ2v) is 3.26. The molecule has 0 bridgehead atoms. The molecule has 0 aromatic heterocycles. The van der Waals surface area contributed by atoms with Gasteiger partial charge in [-0.05, 0) is 17.4 Å². The Bertz CT molecular complexity index is 376. The maximum absolute atomic E-state index is 3.89. The lowest BCUT2D eigenvalue weighted by atomic mass is 10.1. The second-order valence-electron chi connectivity index (χ2n) is 3.26. The van der Waals surface area contributed by atoms with Crippen LogP contribution in [0, 0.1) is 0 Å². The van der Waals surface area contributed by atoms with Crippen LogP contribution >= 0.6 is 0 Å². The number of nitrogens with zero attached hydrogens (tertiary/aromatic N) is 4. The Morgan fingerprint density at radius 1 is 1.07 bits per heavy atom. The van der Waals surface area contributed by atoms with Gasteiger partial charge in [-0.1, -0.05) is 12.1 Å². The number of rotatable bonds is 2. The average Bonchev–Trinajstić information content (AvgIpc) is 2.71. The molecule has 1 aliphatic heterocycles. The van der Waals surface area contributed by atoms with Crippen LogP contribution in [0.1, 0.15) is 5.56 Å². The van der Waals surface area contributed by atoms with Gasteiger partial charge >= 0.3 is 0 Å². The third kappa shape index (κ3) is 1.59. The molecular formula is C10H11N4. The molecule has 1 aromatic rings. The molecule has 0 spiro atoms. The molecule has 0 N–H and O–H groups in total. The van der Waals surface area contributed by atoms with Crippen LogP contribution < -0.4 is 10.3 Å². The van der Waals surface area contributed by atoms with Crippen LogP contribution in [0.25, 0.3) is 5.70 Å². The van der Waals surface area contributed by atoms with E-state index in [0.717, 1.165) is 11.3 Å². The summed E-state index contributed by atoms with van der Waals surface area (Å²) in [6, 6.07) is 8.12. The van der Waals surface area contributed by atoms with Crippen molar-refractivity contribution < 1.29 is 0 Å². The van der Waals surface area contributed by atoms with E-state index in [2.05, 4.69) is 20.7 Å². The molecule has 2 rings (SSSR count). The molecule has 0 saturated heterocycles. The Labute approximate surface area is 82.9 Å². The molecule has 0 saturated carbocycles. The first-order chi connectivity index (χ1) is 6.77. The smallest absolute Gasteiger partial charge is 0.115 e. The molecule has 0 unspecified atom stereocenters. The predicted octanol–water partition coefficient (Wildman–Crippen LogP) is 2.04. The van der Waals surface area contributed by atoms with E-state index in [-0.39, 0.29) is 0 Å². The fourth-order valence-corrected chi connectivity index (χ4v) is 1.24. The molecule has 14 heavy (non-hydrogen) atoms. The Morgan fingerprint density at radius 3 is 2.29 bits per heavy atom. The van der Waals surface area contributed by atoms with Gasteiger partial charge < -0.3 is 4.90 Å². The monoisotopic (exact) mass is 187 g/mol. The molecule has 0 atom stereocenters. The van der Waals surface area contributed by atoms with E-state index in [0.29, 0.717) is 0 Å². The third-order valence-electron chi connectivity index (χ3n) is 2.06. The molecular weight excluding hydrogens is 176 g/mol. The van der Waals surface area contributed by atoms with E-state index in [4.69, 9.17) is 0 Å². The largest absolute Gasteiger partial charge is 0.378 e. The fourth-order valence-electron chi connectivity index (χ4n) is 1.24. The number of hydrogen-bond donors (Lipinski definition) is 0. The highest BCUT2D eigenvalue weighted by Gasteiger charge is 2.05. The lowest BCUT2D eigenvalue weighted by molar-refractivity contribution is 0.906. The van der Waals surface area contributed by atoms with E-state index in [9.17, 15) is 0 Å². The summed E-state index contributed by atoms with van der Waals surface area (Å²) in [4.78, 5) is 2.05. The number of benzene rings is 1. The van der Waals surface area contributed by atoms with Crippen molar-refractivity contribution in [1.82, 2.24) is 5.43 Å². The van der Waals surface area contributed by atoms with Crippen molar-refractivity contribution in [1.29, 1.82) is 0 Å². The van der Waals surface area contributed by atoms with Crippen LogP contribution in [0.3, 0.4) is 0 Å². The van der Waals surface area contributed by atoms with Gasteiger partial charge in [0.05, 0.1) is 6.20 Å². The minimum Gasteiger partial charge on any atom is -0.378 e. The lowest BCUT2D eigenvalue weighted by Crippen LogP contribution is -2.08. The Morgan fingerprint density at radius 2 is 1.79 bits per heavy atom. The van der Waals surface area contributed by atoms with Gasteiger partial charge in [-0.25, -0.2) is 0 Å². The van der Waals surface area contributed by atoms with E-state index in [1.54, 1.807) is 6.20 Å². The summed E-state index contributed by atoms with van der Waals surface area (Å²) >= 11 is 0. The Kier molecular flexibility index (Phi) is 2.18. The molecule has 71 valence electrons. The number of hydrogen-bond acceptors (Lipinski definition) is 3. The maximum atomic E-state index is 3.89. The van der Waals surface area contributed by atoms with Crippen LogP contribution in [-0.4, -0.2) is 14.1 Å².